The molecule has 0 unspecified atom stereocenters. The second-order valence-electron chi connectivity index (χ2n) is 18.1. The van der Waals surface area contributed by atoms with E-state index in [4.69, 9.17) is 30.2 Å². The van der Waals surface area contributed by atoms with Crippen LogP contribution in [0.15, 0.2) is 53.7 Å². The second-order valence-corrected chi connectivity index (χ2v) is 23.3. The van der Waals surface area contributed by atoms with Crippen LogP contribution in [0.5, 0.6) is 5.75 Å². The first-order valence-corrected chi connectivity index (χ1v) is 23.3. The number of rotatable bonds is 12. The molecule has 4 bridgehead atoms. The summed E-state index contributed by atoms with van der Waals surface area (Å²) in [6, 6.07) is 11.2. The zero-order valence-electron chi connectivity index (χ0n) is 34.1. The van der Waals surface area contributed by atoms with Gasteiger partial charge in [0.1, 0.15) is 23.8 Å². The van der Waals surface area contributed by atoms with Gasteiger partial charge in [0.05, 0.1) is 37.3 Å². The fourth-order valence-electron chi connectivity index (χ4n) is 10.3. The molecule has 0 radical (unpaired) electrons. The Morgan fingerprint density at radius 2 is 1.61 bits per heavy atom. The average Bonchev–Trinajstić information content (AvgIpc) is 3.39. The lowest BCUT2D eigenvalue weighted by Gasteiger charge is -2.51. The molecule has 2 aromatic rings. The molecule has 56 heavy (non-hydrogen) atoms. The normalized spacial score (nSPS) is 27.4. The van der Waals surface area contributed by atoms with E-state index in [1.807, 2.05) is 50.2 Å². The van der Waals surface area contributed by atoms with Gasteiger partial charge in [-0.1, -0.05) is 69.6 Å². The largest absolute Gasteiger partial charge is 0.496 e. The van der Waals surface area contributed by atoms with Gasteiger partial charge in [-0.3, -0.25) is 4.79 Å². The Morgan fingerprint density at radius 3 is 2.16 bits per heavy atom. The average molecular weight is 802 g/mol. The Morgan fingerprint density at radius 1 is 0.982 bits per heavy atom. The van der Waals surface area contributed by atoms with E-state index in [-0.39, 0.29) is 41.3 Å². The topological polar surface area (TPSA) is 112 Å². The quantitative estimate of drug-likeness (QED) is 0.0743. The molecule has 6 aliphatic rings. The summed E-state index contributed by atoms with van der Waals surface area (Å²) < 4.78 is 24.1. The Balaban J connectivity index is 1.14. The summed E-state index contributed by atoms with van der Waals surface area (Å²) in [6.45, 7) is 15.0. The maximum Gasteiger partial charge on any atom is 0.352 e. The highest BCUT2D eigenvalue weighted by Gasteiger charge is 2.61. The minimum absolute atomic E-state index is 0.0235. The summed E-state index contributed by atoms with van der Waals surface area (Å²) in [4.78, 5) is 39.9. The van der Waals surface area contributed by atoms with E-state index < -0.39 is 26.2 Å². The number of β-lactam (4-membered cyclic amide) rings is 1. The van der Waals surface area contributed by atoms with Gasteiger partial charge in [-0.25, -0.2) is 9.59 Å². The molecule has 9 nitrogen and oxygen atoms in total. The van der Waals surface area contributed by atoms with E-state index in [2.05, 4.69) is 33.9 Å². The third-order valence-electron chi connectivity index (χ3n) is 13.8. The van der Waals surface area contributed by atoms with Crippen LogP contribution >= 0.6 is 11.6 Å². The second kappa shape index (κ2) is 15.1. The minimum Gasteiger partial charge on any atom is -0.496 e. The molecule has 1 amide bonds. The molecule has 0 spiro atoms. The van der Waals surface area contributed by atoms with Gasteiger partial charge in [0.2, 0.25) is 5.91 Å². The lowest BCUT2D eigenvalue weighted by Crippen LogP contribution is -2.65. The van der Waals surface area contributed by atoms with Crippen molar-refractivity contribution in [3.05, 3.63) is 81.0 Å². The molecule has 300 valence electrons. The molecule has 2 heterocycles. The number of hydrogen-bond donors (Lipinski definition) is 1. The van der Waals surface area contributed by atoms with E-state index in [0.717, 1.165) is 34.3 Å². The van der Waals surface area contributed by atoms with Gasteiger partial charge >= 0.3 is 11.9 Å². The van der Waals surface area contributed by atoms with Crippen molar-refractivity contribution < 1.29 is 38.1 Å². The van der Waals surface area contributed by atoms with Crippen LogP contribution in [0.2, 0.25) is 23.2 Å². The fraction of sp³-hybridized carbons (Fsp3) is 0.533. The van der Waals surface area contributed by atoms with Crippen LogP contribution in [-0.4, -0.2) is 62.5 Å². The van der Waals surface area contributed by atoms with Gasteiger partial charge in [0, 0.05) is 23.1 Å². The van der Waals surface area contributed by atoms with Crippen molar-refractivity contribution in [1.29, 1.82) is 0 Å². The van der Waals surface area contributed by atoms with Gasteiger partial charge in [-0.05, 0) is 115 Å². The van der Waals surface area contributed by atoms with Gasteiger partial charge in [-0.15, -0.1) is 0 Å². The summed E-state index contributed by atoms with van der Waals surface area (Å²) in [5, 5.41) is 10.8. The molecule has 4 aliphatic carbocycles. The van der Waals surface area contributed by atoms with Gasteiger partial charge < -0.3 is 28.6 Å². The number of esters is 1. The first-order valence-electron chi connectivity index (χ1n) is 20.0. The van der Waals surface area contributed by atoms with Crippen molar-refractivity contribution in [3.63, 3.8) is 0 Å². The number of allylic oxidation sites excluding steroid dienone is 1. The highest BCUT2D eigenvalue weighted by atomic mass is 35.5. The van der Waals surface area contributed by atoms with Crippen molar-refractivity contribution in [1.82, 2.24) is 4.90 Å². The van der Waals surface area contributed by atoms with Crippen LogP contribution in [0.25, 0.3) is 17.4 Å². The number of halogens is 1. The summed E-state index contributed by atoms with van der Waals surface area (Å²) in [5.41, 5.74) is 5.04. The Bertz CT molecular complexity index is 1980. The Hall–Kier alpha value is -3.86. The van der Waals surface area contributed by atoms with Crippen LogP contribution in [0.1, 0.15) is 89.0 Å². The number of nitrogens with zero attached hydrogens (tertiary/aromatic N) is 1. The van der Waals surface area contributed by atoms with Crippen molar-refractivity contribution in [3.8, 4) is 5.75 Å². The number of amides is 1. The predicted molar refractivity (Wildman–Crippen MR) is 220 cm³/mol. The standard InChI is InChI=1S/C45H56ClNO8Si/c1-24-35(40(44(50)51)47-39(24)36(43(47)49)25(2)55-56(8,9)45(3,4)5)29-12-10-26(11-13-29)23-54-41-30(15-17-34(48)52-6)14-16-33(38(41)46)42(53-7)37-31-19-27-18-28(21-31)22-32(37)20-27/h10-17,24-25,27-28,31-32,36,39H,18-23H2,1-9H3,(H,50,51)/b17-15+,42-37?/t24-,25+,27-,28+,31?,32?,36+,39+/m0/s1. The number of methoxy groups -OCH3 is 2. The van der Waals surface area contributed by atoms with E-state index in [0.29, 0.717) is 33.7 Å². The van der Waals surface area contributed by atoms with Crippen molar-refractivity contribution in [2.24, 2.45) is 35.5 Å². The lowest BCUT2D eigenvalue weighted by molar-refractivity contribution is -0.162. The molecule has 11 heteroatoms. The number of carboxylic acids is 1. The zero-order valence-corrected chi connectivity index (χ0v) is 35.9. The first kappa shape index (κ1) is 40.3. The van der Waals surface area contributed by atoms with E-state index in [1.165, 1.54) is 55.8 Å². The highest BCUT2D eigenvalue weighted by molar-refractivity contribution is 6.74. The first-order chi connectivity index (χ1) is 26.4. The molecular weight excluding hydrogens is 746 g/mol. The van der Waals surface area contributed by atoms with E-state index >= 15 is 0 Å². The van der Waals surface area contributed by atoms with Gasteiger partial charge in [0.15, 0.2) is 8.32 Å². The summed E-state index contributed by atoms with van der Waals surface area (Å²) in [7, 11) is 0.883. The summed E-state index contributed by atoms with van der Waals surface area (Å²) in [5.74, 6) is 1.45. The predicted octanol–water partition coefficient (Wildman–Crippen LogP) is 9.60. The number of carboxylic acid groups (broad SMARTS) is 1. The smallest absolute Gasteiger partial charge is 0.352 e. The maximum atomic E-state index is 13.6. The van der Waals surface area contributed by atoms with Crippen LogP contribution in [0.4, 0.5) is 0 Å². The molecule has 2 aliphatic heterocycles. The molecule has 4 atom stereocenters. The molecule has 5 fully saturated rings. The van der Waals surface area contributed by atoms with Crippen LogP contribution in [0.3, 0.4) is 0 Å². The Labute approximate surface area is 337 Å². The van der Waals surface area contributed by atoms with Gasteiger partial charge in [0.25, 0.3) is 0 Å². The number of carbonyl (C=O) groups is 3. The molecule has 0 aromatic heterocycles. The minimum atomic E-state index is -2.16. The summed E-state index contributed by atoms with van der Waals surface area (Å²) in [6.07, 6.45) is 8.82. The van der Waals surface area contributed by atoms with E-state index in [1.54, 1.807) is 13.2 Å². The van der Waals surface area contributed by atoms with Crippen LogP contribution in [-0.2, 0) is 34.9 Å². The fourth-order valence-corrected chi connectivity index (χ4v) is 12.0. The Kier molecular flexibility index (Phi) is 10.9. The van der Waals surface area contributed by atoms with Crippen molar-refractivity contribution >= 4 is 55.2 Å². The maximum absolute atomic E-state index is 13.6. The molecule has 4 saturated carbocycles. The monoisotopic (exact) mass is 801 g/mol. The number of hydrogen-bond acceptors (Lipinski definition) is 7. The van der Waals surface area contributed by atoms with Gasteiger partial charge in [-0.2, -0.15) is 0 Å². The number of carbonyl (C=O) groups excluding carboxylic acids is 2. The zero-order chi connectivity index (χ0) is 40.4. The number of benzene rings is 2. The number of aliphatic carboxylic acids is 1. The summed E-state index contributed by atoms with van der Waals surface area (Å²) >= 11 is 7.24. The molecule has 1 saturated heterocycles. The third kappa shape index (κ3) is 7.04. The highest BCUT2D eigenvalue weighted by Crippen LogP contribution is 2.58. The number of ether oxygens (including phenoxy) is 3. The van der Waals surface area contributed by atoms with Crippen LogP contribution in [0, 0.1) is 35.5 Å². The molecule has 8 rings (SSSR count). The number of fused-ring (bicyclic) bond motifs is 1. The van der Waals surface area contributed by atoms with E-state index in [9.17, 15) is 19.5 Å². The molecule has 1 N–H and O–H groups in total. The molecule has 2 aromatic carbocycles. The third-order valence-corrected chi connectivity index (χ3v) is 18.7. The molecular formula is C45H56ClNO8Si. The van der Waals surface area contributed by atoms with Crippen molar-refractivity contribution in [2.75, 3.05) is 14.2 Å². The van der Waals surface area contributed by atoms with Crippen LogP contribution < -0.4 is 4.74 Å². The lowest BCUT2D eigenvalue weighted by atomic mass is 9.54. The SMILES string of the molecule is COC(=O)/C=C/c1ccc(C(OC)=C2C3C[C@H]4CC2C[C@@H](C3)C4)c(Cl)c1OCc1ccc(C2=C(C(=O)O)N3C(=O)[C@H]([C@@H](C)O[Si](C)(C)C(C)(C)C)[C@H]3[C@H]2C)cc1. The van der Waals surface area contributed by atoms with Crippen molar-refractivity contribution in [2.45, 2.75) is 104 Å².